The summed E-state index contributed by atoms with van der Waals surface area (Å²) in [4.78, 5) is 42.6. The molecule has 0 aromatic carbocycles. The van der Waals surface area contributed by atoms with Crippen molar-refractivity contribution in [2.45, 2.75) is 180 Å². The predicted molar refractivity (Wildman–Crippen MR) is 184 cm³/mol. The largest absolute Gasteiger partial charge is 0.469 e. The Hall–Kier alpha value is -1.47. The van der Waals surface area contributed by atoms with Gasteiger partial charge in [0.2, 0.25) is 0 Å². The summed E-state index contributed by atoms with van der Waals surface area (Å²) in [6.07, 6.45) is 34.7. The molecule has 0 bridgehead atoms. The van der Waals surface area contributed by atoms with E-state index in [0.717, 1.165) is 51.4 Å². The molecule has 0 radical (unpaired) electrons. The zero-order chi connectivity index (χ0) is 33.3. The van der Waals surface area contributed by atoms with Crippen molar-refractivity contribution in [1.29, 1.82) is 0 Å². The maximum Gasteiger partial charge on any atom is 0.469 e. The third kappa shape index (κ3) is 35.2. The van der Waals surface area contributed by atoms with Crippen LogP contribution in [0.3, 0.4) is 0 Å². The second kappa shape index (κ2) is 32.5. The molecule has 0 heterocycles. The summed E-state index contributed by atoms with van der Waals surface area (Å²) >= 11 is 0. The number of phosphoric acid groups is 1. The zero-order valence-corrected chi connectivity index (χ0v) is 29.7. The molecule has 0 aromatic rings. The van der Waals surface area contributed by atoms with Crippen molar-refractivity contribution in [3.05, 3.63) is 24.3 Å². The minimum atomic E-state index is -4.74. The highest BCUT2D eigenvalue weighted by Gasteiger charge is 2.22. The molecular formula is C36H67O8P. The first-order valence-electron chi connectivity index (χ1n) is 18.1. The number of carbonyl (C=O) groups excluding carboxylic acids is 2. The van der Waals surface area contributed by atoms with Gasteiger partial charge in [0.25, 0.3) is 0 Å². The van der Waals surface area contributed by atoms with Crippen LogP contribution in [0.4, 0.5) is 0 Å². The standard InChI is InChI=1S/C36H67O8P/c1-3-5-7-9-11-13-15-16-17-18-19-20-21-23-25-27-29-31-36(38)44-34(33-43-45(39,40)41)32-42-35(37)30-28-26-24-22-14-12-10-8-6-4-2/h11,13,16-17,34H,3-10,12,14-15,18-33H2,1-2H3,(H2,39,40,41)/b13-11-,17-16-. The van der Waals surface area contributed by atoms with Crippen LogP contribution in [0.2, 0.25) is 0 Å². The molecule has 45 heavy (non-hydrogen) atoms. The fourth-order valence-corrected chi connectivity index (χ4v) is 5.35. The van der Waals surface area contributed by atoms with Crippen molar-refractivity contribution in [3.63, 3.8) is 0 Å². The molecule has 0 aliphatic rings. The lowest BCUT2D eigenvalue weighted by Crippen LogP contribution is -2.29. The Bertz CT molecular complexity index is 792. The number of esters is 2. The summed E-state index contributed by atoms with van der Waals surface area (Å²) in [6.45, 7) is 3.62. The molecular weight excluding hydrogens is 591 g/mol. The van der Waals surface area contributed by atoms with Crippen LogP contribution in [0.1, 0.15) is 174 Å². The van der Waals surface area contributed by atoms with Crippen LogP contribution in [-0.4, -0.2) is 41.0 Å². The van der Waals surface area contributed by atoms with E-state index in [0.29, 0.717) is 6.42 Å². The molecule has 0 aliphatic carbocycles. The van der Waals surface area contributed by atoms with Crippen LogP contribution in [-0.2, 0) is 28.2 Å². The maximum atomic E-state index is 12.3. The van der Waals surface area contributed by atoms with Crippen molar-refractivity contribution < 1.29 is 37.9 Å². The Labute approximate surface area is 275 Å². The van der Waals surface area contributed by atoms with Gasteiger partial charge in [0, 0.05) is 12.8 Å². The summed E-state index contributed by atoms with van der Waals surface area (Å²) in [6, 6.07) is 0. The number of ether oxygens (including phenoxy) is 2. The van der Waals surface area contributed by atoms with Gasteiger partial charge in [0.1, 0.15) is 6.61 Å². The first kappa shape index (κ1) is 43.5. The zero-order valence-electron chi connectivity index (χ0n) is 28.8. The number of rotatable bonds is 33. The second-order valence-corrected chi connectivity index (χ2v) is 13.4. The Kier molecular flexibility index (Phi) is 31.4. The van der Waals surface area contributed by atoms with Gasteiger partial charge in [0.15, 0.2) is 6.10 Å². The molecule has 0 rings (SSSR count). The van der Waals surface area contributed by atoms with Crippen molar-refractivity contribution in [2.24, 2.45) is 0 Å². The van der Waals surface area contributed by atoms with Crippen LogP contribution in [0.15, 0.2) is 24.3 Å². The first-order chi connectivity index (χ1) is 21.8. The average Bonchev–Trinajstić information content (AvgIpc) is 3.00. The fourth-order valence-electron chi connectivity index (χ4n) is 4.99. The Morgan fingerprint density at radius 2 is 1.00 bits per heavy atom. The summed E-state index contributed by atoms with van der Waals surface area (Å²) in [5.74, 6) is -0.893. The first-order valence-corrected chi connectivity index (χ1v) is 19.7. The Morgan fingerprint density at radius 1 is 0.578 bits per heavy atom. The minimum absolute atomic E-state index is 0.205. The number of hydrogen-bond donors (Lipinski definition) is 2. The molecule has 0 saturated carbocycles. The van der Waals surface area contributed by atoms with Gasteiger partial charge in [-0.1, -0.05) is 141 Å². The highest BCUT2D eigenvalue weighted by atomic mass is 31.2. The number of phosphoric ester groups is 1. The molecule has 0 saturated heterocycles. The molecule has 1 unspecified atom stereocenters. The molecule has 0 amide bonds. The molecule has 8 nitrogen and oxygen atoms in total. The van der Waals surface area contributed by atoms with E-state index < -0.39 is 32.5 Å². The summed E-state index contributed by atoms with van der Waals surface area (Å²) < 4.78 is 26.2. The van der Waals surface area contributed by atoms with Crippen LogP contribution in [0.5, 0.6) is 0 Å². The minimum Gasteiger partial charge on any atom is -0.462 e. The monoisotopic (exact) mass is 658 g/mol. The number of unbranched alkanes of at least 4 members (excludes halogenated alkanes) is 19. The lowest BCUT2D eigenvalue weighted by molar-refractivity contribution is -0.161. The van der Waals surface area contributed by atoms with E-state index in [4.69, 9.17) is 19.3 Å². The average molecular weight is 659 g/mol. The van der Waals surface area contributed by atoms with E-state index in [1.54, 1.807) is 0 Å². The van der Waals surface area contributed by atoms with Gasteiger partial charge in [-0.05, 0) is 44.9 Å². The van der Waals surface area contributed by atoms with E-state index >= 15 is 0 Å². The van der Waals surface area contributed by atoms with Gasteiger partial charge in [-0.2, -0.15) is 0 Å². The third-order valence-electron chi connectivity index (χ3n) is 7.72. The molecule has 2 N–H and O–H groups in total. The molecule has 0 aliphatic heterocycles. The Balaban J connectivity index is 3.97. The quantitative estimate of drug-likeness (QED) is 0.0309. The predicted octanol–water partition coefficient (Wildman–Crippen LogP) is 10.5. The summed E-state index contributed by atoms with van der Waals surface area (Å²) in [5.41, 5.74) is 0. The summed E-state index contributed by atoms with van der Waals surface area (Å²) in [5, 5.41) is 0. The van der Waals surface area contributed by atoms with Crippen LogP contribution >= 0.6 is 7.82 Å². The highest BCUT2D eigenvalue weighted by molar-refractivity contribution is 7.46. The van der Waals surface area contributed by atoms with Gasteiger partial charge in [0.05, 0.1) is 6.61 Å². The van der Waals surface area contributed by atoms with Crippen molar-refractivity contribution in [2.75, 3.05) is 13.2 Å². The number of hydrogen-bond acceptors (Lipinski definition) is 6. The van der Waals surface area contributed by atoms with E-state index in [1.807, 2.05) is 0 Å². The highest BCUT2D eigenvalue weighted by Crippen LogP contribution is 2.36. The topological polar surface area (TPSA) is 119 Å². The number of allylic oxidation sites excluding steroid dienone is 4. The lowest BCUT2D eigenvalue weighted by Gasteiger charge is -2.18. The van der Waals surface area contributed by atoms with Crippen LogP contribution < -0.4 is 0 Å². The van der Waals surface area contributed by atoms with Gasteiger partial charge >= 0.3 is 19.8 Å². The van der Waals surface area contributed by atoms with Crippen molar-refractivity contribution in [1.82, 2.24) is 0 Å². The third-order valence-corrected chi connectivity index (χ3v) is 8.21. The van der Waals surface area contributed by atoms with Gasteiger partial charge in [-0.15, -0.1) is 0 Å². The normalized spacial score (nSPS) is 12.7. The molecule has 264 valence electrons. The maximum absolute atomic E-state index is 12.3. The second-order valence-electron chi connectivity index (χ2n) is 12.2. The molecule has 9 heteroatoms. The molecule has 0 aromatic heterocycles. The molecule has 0 fully saturated rings. The van der Waals surface area contributed by atoms with Crippen LogP contribution in [0, 0.1) is 0 Å². The van der Waals surface area contributed by atoms with Gasteiger partial charge < -0.3 is 19.3 Å². The van der Waals surface area contributed by atoms with Gasteiger partial charge in [-0.3, -0.25) is 14.1 Å². The van der Waals surface area contributed by atoms with E-state index in [9.17, 15) is 14.2 Å². The van der Waals surface area contributed by atoms with E-state index in [-0.39, 0.29) is 19.4 Å². The summed E-state index contributed by atoms with van der Waals surface area (Å²) in [7, 11) is -4.74. The molecule has 0 spiro atoms. The van der Waals surface area contributed by atoms with E-state index in [2.05, 4.69) is 42.7 Å². The van der Waals surface area contributed by atoms with Crippen LogP contribution in [0.25, 0.3) is 0 Å². The number of carbonyl (C=O) groups is 2. The van der Waals surface area contributed by atoms with Crippen molar-refractivity contribution in [3.8, 4) is 0 Å². The smallest absolute Gasteiger partial charge is 0.462 e. The SMILES string of the molecule is CCCCC/C=C\C/C=C\CCCCCCCCCC(=O)OC(COC(=O)CCCCCCCCCCCC)COP(=O)(O)O. The van der Waals surface area contributed by atoms with E-state index in [1.165, 1.54) is 89.9 Å². The molecule has 1 atom stereocenters. The van der Waals surface area contributed by atoms with Crippen molar-refractivity contribution >= 4 is 19.8 Å². The Morgan fingerprint density at radius 3 is 1.51 bits per heavy atom. The fraction of sp³-hybridized carbons (Fsp3) is 0.833. The van der Waals surface area contributed by atoms with Gasteiger partial charge in [-0.25, -0.2) is 4.57 Å². The lowest BCUT2D eigenvalue weighted by atomic mass is 10.1.